The molecule has 0 aromatic heterocycles. The Kier molecular flexibility index (Phi) is 6.44. The van der Waals surface area contributed by atoms with E-state index in [2.05, 4.69) is 36.5 Å². The summed E-state index contributed by atoms with van der Waals surface area (Å²) in [6.07, 6.45) is 2.37. The lowest BCUT2D eigenvalue weighted by Gasteiger charge is -2.12. The third-order valence-electron chi connectivity index (χ3n) is 2.90. The zero-order valence-electron chi connectivity index (χ0n) is 11.5. The van der Waals surface area contributed by atoms with Crippen LogP contribution in [0.5, 0.6) is 0 Å². The van der Waals surface area contributed by atoms with Crippen LogP contribution in [-0.2, 0) is 22.4 Å². The zero-order valence-corrected chi connectivity index (χ0v) is 11.5. The van der Waals surface area contributed by atoms with Crippen molar-refractivity contribution in [3.63, 3.8) is 0 Å². The number of methoxy groups -OCH3 is 1. The van der Waals surface area contributed by atoms with Gasteiger partial charge in [0.05, 0.1) is 6.61 Å². The highest BCUT2D eigenvalue weighted by molar-refractivity contribution is 5.76. The SMILES string of the molecule is CCc1ccc(CCC(=O)N[C@@H](C)COC)cc1. The zero-order chi connectivity index (χ0) is 13.4. The maximum atomic E-state index is 11.7. The number of ether oxygens (including phenoxy) is 1. The van der Waals surface area contributed by atoms with Gasteiger partial charge in [-0.15, -0.1) is 0 Å². The Morgan fingerprint density at radius 1 is 1.28 bits per heavy atom. The van der Waals surface area contributed by atoms with Crippen molar-refractivity contribution in [1.29, 1.82) is 0 Å². The molecule has 0 aliphatic rings. The fraction of sp³-hybridized carbons (Fsp3) is 0.533. The van der Waals surface area contributed by atoms with Gasteiger partial charge >= 0.3 is 0 Å². The van der Waals surface area contributed by atoms with Crippen LogP contribution in [0.15, 0.2) is 24.3 Å². The molecule has 0 aliphatic heterocycles. The Balaban J connectivity index is 2.33. The third kappa shape index (κ3) is 5.32. The predicted molar refractivity (Wildman–Crippen MR) is 73.6 cm³/mol. The molecule has 18 heavy (non-hydrogen) atoms. The van der Waals surface area contributed by atoms with Gasteiger partial charge in [-0.1, -0.05) is 31.2 Å². The summed E-state index contributed by atoms with van der Waals surface area (Å²) in [5, 5.41) is 2.91. The molecule has 1 aromatic carbocycles. The number of nitrogens with one attached hydrogen (secondary N) is 1. The lowest BCUT2D eigenvalue weighted by molar-refractivity contribution is -0.122. The quantitative estimate of drug-likeness (QED) is 0.805. The van der Waals surface area contributed by atoms with Crippen LogP contribution in [0.4, 0.5) is 0 Å². The molecule has 0 saturated carbocycles. The van der Waals surface area contributed by atoms with Gasteiger partial charge in [0.25, 0.3) is 0 Å². The molecule has 0 spiro atoms. The van der Waals surface area contributed by atoms with Crippen LogP contribution in [0.1, 0.15) is 31.4 Å². The molecule has 0 radical (unpaired) electrons. The Morgan fingerprint density at radius 2 is 1.89 bits per heavy atom. The van der Waals surface area contributed by atoms with Crippen LogP contribution in [0.3, 0.4) is 0 Å². The third-order valence-corrected chi connectivity index (χ3v) is 2.90. The first kappa shape index (κ1) is 14.7. The van der Waals surface area contributed by atoms with Crippen molar-refractivity contribution < 1.29 is 9.53 Å². The van der Waals surface area contributed by atoms with E-state index in [0.717, 1.165) is 12.8 Å². The minimum atomic E-state index is 0.0740. The Bertz CT molecular complexity index is 359. The second kappa shape index (κ2) is 7.88. The summed E-state index contributed by atoms with van der Waals surface area (Å²) in [5.41, 5.74) is 2.54. The Morgan fingerprint density at radius 3 is 2.44 bits per heavy atom. The fourth-order valence-electron chi connectivity index (χ4n) is 1.84. The molecule has 0 unspecified atom stereocenters. The van der Waals surface area contributed by atoms with E-state index in [0.29, 0.717) is 13.0 Å². The van der Waals surface area contributed by atoms with E-state index >= 15 is 0 Å². The van der Waals surface area contributed by atoms with Crippen molar-refractivity contribution >= 4 is 5.91 Å². The number of hydrogen-bond acceptors (Lipinski definition) is 2. The lowest BCUT2D eigenvalue weighted by Crippen LogP contribution is -2.35. The van der Waals surface area contributed by atoms with Gasteiger partial charge in [0.2, 0.25) is 5.91 Å². The largest absolute Gasteiger partial charge is 0.383 e. The maximum absolute atomic E-state index is 11.7. The first-order valence-electron chi connectivity index (χ1n) is 6.51. The number of hydrogen-bond donors (Lipinski definition) is 1. The van der Waals surface area contributed by atoms with Gasteiger partial charge in [-0.05, 0) is 30.9 Å². The van der Waals surface area contributed by atoms with Crippen LogP contribution in [0, 0.1) is 0 Å². The number of carbonyl (C=O) groups is 1. The summed E-state index contributed by atoms with van der Waals surface area (Å²) >= 11 is 0. The normalized spacial score (nSPS) is 12.2. The van der Waals surface area contributed by atoms with Crippen LogP contribution in [0.2, 0.25) is 0 Å². The number of benzene rings is 1. The summed E-state index contributed by atoms with van der Waals surface area (Å²) in [5.74, 6) is 0.0825. The Labute approximate surface area is 110 Å². The van der Waals surface area contributed by atoms with E-state index < -0.39 is 0 Å². The van der Waals surface area contributed by atoms with E-state index in [1.807, 2.05) is 6.92 Å². The topological polar surface area (TPSA) is 38.3 Å². The molecular formula is C15H23NO2. The van der Waals surface area contributed by atoms with Crippen molar-refractivity contribution in [2.24, 2.45) is 0 Å². The standard InChI is InChI=1S/C15H23NO2/c1-4-13-5-7-14(8-6-13)9-10-15(17)16-12(2)11-18-3/h5-8,12H,4,9-11H2,1-3H3,(H,16,17)/t12-/m0/s1. The van der Waals surface area contributed by atoms with Gasteiger partial charge in [-0.3, -0.25) is 4.79 Å². The van der Waals surface area contributed by atoms with Gasteiger partial charge in [0.15, 0.2) is 0 Å². The van der Waals surface area contributed by atoms with E-state index in [-0.39, 0.29) is 11.9 Å². The van der Waals surface area contributed by atoms with Gasteiger partial charge in [0.1, 0.15) is 0 Å². The summed E-state index contributed by atoms with van der Waals surface area (Å²) in [6.45, 7) is 4.63. The van der Waals surface area contributed by atoms with Gasteiger partial charge in [-0.2, -0.15) is 0 Å². The summed E-state index contributed by atoms with van der Waals surface area (Å²) in [7, 11) is 1.64. The van der Waals surface area contributed by atoms with Crippen molar-refractivity contribution in [2.75, 3.05) is 13.7 Å². The highest BCUT2D eigenvalue weighted by atomic mass is 16.5. The van der Waals surface area contributed by atoms with Gasteiger partial charge in [-0.25, -0.2) is 0 Å². The molecule has 3 heteroatoms. The molecule has 1 amide bonds. The first-order chi connectivity index (χ1) is 8.65. The molecule has 1 atom stereocenters. The van der Waals surface area contributed by atoms with E-state index in [4.69, 9.17) is 4.74 Å². The van der Waals surface area contributed by atoms with E-state index in [1.54, 1.807) is 7.11 Å². The minimum Gasteiger partial charge on any atom is -0.383 e. The van der Waals surface area contributed by atoms with Gasteiger partial charge in [0, 0.05) is 19.6 Å². The predicted octanol–water partition coefficient (Wildman–Crippen LogP) is 2.33. The van der Waals surface area contributed by atoms with Crippen molar-refractivity contribution in [3.05, 3.63) is 35.4 Å². The molecule has 1 aromatic rings. The molecule has 0 heterocycles. The smallest absolute Gasteiger partial charge is 0.220 e. The molecule has 100 valence electrons. The number of amides is 1. The molecule has 1 N–H and O–H groups in total. The summed E-state index contributed by atoms with van der Waals surface area (Å²) in [4.78, 5) is 11.7. The molecule has 0 saturated heterocycles. The van der Waals surface area contributed by atoms with Crippen molar-refractivity contribution in [2.45, 2.75) is 39.2 Å². The van der Waals surface area contributed by atoms with Crippen LogP contribution in [0.25, 0.3) is 0 Å². The van der Waals surface area contributed by atoms with E-state index in [1.165, 1.54) is 11.1 Å². The molecule has 3 nitrogen and oxygen atoms in total. The van der Waals surface area contributed by atoms with E-state index in [9.17, 15) is 4.79 Å². The van der Waals surface area contributed by atoms with Gasteiger partial charge < -0.3 is 10.1 Å². The average Bonchev–Trinajstić information content (AvgIpc) is 2.37. The number of aryl methyl sites for hydroxylation is 2. The van der Waals surface area contributed by atoms with Crippen molar-refractivity contribution in [1.82, 2.24) is 5.32 Å². The number of rotatable bonds is 7. The summed E-state index contributed by atoms with van der Waals surface area (Å²) in [6, 6.07) is 8.53. The molecule has 1 rings (SSSR count). The average molecular weight is 249 g/mol. The first-order valence-corrected chi connectivity index (χ1v) is 6.51. The molecule has 0 bridgehead atoms. The monoisotopic (exact) mass is 249 g/mol. The maximum Gasteiger partial charge on any atom is 0.220 e. The van der Waals surface area contributed by atoms with Crippen LogP contribution < -0.4 is 5.32 Å². The lowest BCUT2D eigenvalue weighted by atomic mass is 10.1. The minimum absolute atomic E-state index is 0.0740. The highest BCUT2D eigenvalue weighted by Crippen LogP contribution is 2.07. The van der Waals surface area contributed by atoms with Crippen molar-refractivity contribution in [3.8, 4) is 0 Å². The summed E-state index contributed by atoms with van der Waals surface area (Å²) < 4.78 is 4.98. The Hall–Kier alpha value is -1.35. The van der Waals surface area contributed by atoms with Crippen LogP contribution >= 0.6 is 0 Å². The highest BCUT2D eigenvalue weighted by Gasteiger charge is 2.06. The second-order valence-corrected chi connectivity index (χ2v) is 4.59. The molecule has 0 aliphatic carbocycles. The molecular weight excluding hydrogens is 226 g/mol. The second-order valence-electron chi connectivity index (χ2n) is 4.59. The van der Waals surface area contributed by atoms with Crippen LogP contribution in [-0.4, -0.2) is 25.7 Å². The fourth-order valence-corrected chi connectivity index (χ4v) is 1.84. The molecule has 0 fully saturated rings. The number of carbonyl (C=O) groups excluding carboxylic acids is 1.